The average Bonchev–Trinajstić information content (AvgIpc) is 2.45. The van der Waals surface area contributed by atoms with E-state index < -0.39 is 5.54 Å². The molecule has 0 aliphatic rings. The number of aliphatic hydroxyl groups excluding tert-OH is 1. The third kappa shape index (κ3) is 3.31. The van der Waals surface area contributed by atoms with E-state index in [2.05, 4.69) is 10.3 Å². The molecule has 0 aliphatic heterocycles. The van der Waals surface area contributed by atoms with Crippen molar-refractivity contribution in [1.29, 1.82) is 0 Å². The van der Waals surface area contributed by atoms with Crippen molar-refractivity contribution < 1.29 is 14.6 Å². The number of fused-ring (bicyclic) bond motifs is 1. The van der Waals surface area contributed by atoms with E-state index in [1.807, 2.05) is 19.1 Å². The molecule has 0 fully saturated rings. The number of aryl methyl sites for hydroxylation is 1. The molecule has 0 aliphatic carbocycles. The number of hydrogen-bond donors (Lipinski definition) is 2. The van der Waals surface area contributed by atoms with Gasteiger partial charge in [-0.25, -0.2) is 0 Å². The molecule has 0 spiro atoms. The molecule has 21 heavy (non-hydrogen) atoms. The lowest BCUT2D eigenvalue weighted by Gasteiger charge is -2.24. The second-order valence-corrected chi connectivity index (χ2v) is 5.69. The standard InChI is InChI=1S/C16H20N2O3/c1-10-7-13(15(20)18-16(2,3)9-19)12-8-11(21-4)5-6-14(12)17-10/h5-8,19H,9H2,1-4H3,(H,18,20). The third-order valence-electron chi connectivity index (χ3n) is 3.24. The Morgan fingerprint density at radius 3 is 2.71 bits per heavy atom. The van der Waals surface area contributed by atoms with Crippen LogP contribution in [0, 0.1) is 6.92 Å². The van der Waals surface area contributed by atoms with Crippen LogP contribution in [0.4, 0.5) is 0 Å². The van der Waals surface area contributed by atoms with Gasteiger partial charge in [0.05, 0.1) is 30.3 Å². The van der Waals surface area contributed by atoms with Gasteiger partial charge in [-0.1, -0.05) is 0 Å². The predicted molar refractivity (Wildman–Crippen MR) is 81.7 cm³/mol. The summed E-state index contributed by atoms with van der Waals surface area (Å²) in [5, 5.41) is 12.8. The first-order valence-electron chi connectivity index (χ1n) is 6.75. The quantitative estimate of drug-likeness (QED) is 0.903. The fourth-order valence-electron chi connectivity index (χ4n) is 2.07. The minimum absolute atomic E-state index is 0.135. The molecule has 5 heteroatoms. The zero-order valence-electron chi connectivity index (χ0n) is 12.7. The van der Waals surface area contributed by atoms with Gasteiger partial charge in [-0.3, -0.25) is 9.78 Å². The number of rotatable bonds is 4. The van der Waals surface area contributed by atoms with E-state index in [9.17, 15) is 9.90 Å². The van der Waals surface area contributed by atoms with Crippen molar-refractivity contribution in [3.63, 3.8) is 0 Å². The minimum atomic E-state index is -0.681. The van der Waals surface area contributed by atoms with E-state index in [-0.39, 0.29) is 12.5 Å². The molecule has 0 bridgehead atoms. The molecule has 2 aromatic rings. The highest BCUT2D eigenvalue weighted by Gasteiger charge is 2.21. The molecular weight excluding hydrogens is 268 g/mol. The first-order chi connectivity index (χ1) is 9.86. The summed E-state index contributed by atoms with van der Waals surface area (Å²) in [6.45, 7) is 5.24. The number of amides is 1. The van der Waals surface area contributed by atoms with Crippen molar-refractivity contribution in [2.45, 2.75) is 26.3 Å². The number of ether oxygens (including phenoxy) is 1. The van der Waals surface area contributed by atoms with Gasteiger partial charge < -0.3 is 15.2 Å². The molecule has 1 heterocycles. The van der Waals surface area contributed by atoms with Crippen LogP contribution < -0.4 is 10.1 Å². The molecule has 5 nitrogen and oxygen atoms in total. The molecule has 1 aromatic carbocycles. The van der Waals surface area contributed by atoms with Gasteiger partial charge in [-0.05, 0) is 45.0 Å². The predicted octanol–water partition coefficient (Wildman–Crippen LogP) is 2.05. The monoisotopic (exact) mass is 288 g/mol. The van der Waals surface area contributed by atoms with E-state index in [4.69, 9.17) is 4.74 Å². The van der Waals surface area contributed by atoms with Crippen LogP contribution in [0.2, 0.25) is 0 Å². The zero-order valence-corrected chi connectivity index (χ0v) is 12.7. The number of nitrogens with one attached hydrogen (secondary N) is 1. The van der Waals surface area contributed by atoms with Gasteiger partial charge in [0.15, 0.2) is 0 Å². The van der Waals surface area contributed by atoms with Gasteiger partial charge >= 0.3 is 0 Å². The van der Waals surface area contributed by atoms with Gasteiger partial charge in [0.1, 0.15) is 5.75 Å². The Morgan fingerprint density at radius 2 is 2.10 bits per heavy atom. The largest absolute Gasteiger partial charge is 0.497 e. The maximum Gasteiger partial charge on any atom is 0.252 e. The van der Waals surface area contributed by atoms with E-state index >= 15 is 0 Å². The van der Waals surface area contributed by atoms with E-state index in [0.29, 0.717) is 11.3 Å². The normalized spacial score (nSPS) is 11.5. The first-order valence-corrected chi connectivity index (χ1v) is 6.75. The van der Waals surface area contributed by atoms with Crippen molar-refractivity contribution in [2.75, 3.05) is 13.7 Å². The summed E-state index contributed by atoms with van der Waals surface area (Å²) in [7, 11) is 1.58. The lowest BCUT2D eigenvalue weighted by molar-refractivity contribution is 0.0871. The van der Waals surface area contributed by atoms with Crippen molar-refractivity contribution in [3.8, 4) is 5.75 Å². The highest BCUT2D eigenvalue weighted by atomic mass is 16.5. The van der Waals surface area contributed by atoms with Crippen molar-refractivity contribution in [1.82, 2.24) is 10.3 Å². The molecule has 112 valence electrons. The Morgan fingerprint density at radius 1 is 1.38 bits per heavy atom. The van der Waals surface area contributed by atoms with Crippen LogP contribution in [-0.2, 0) is 0 Å². The van der Waals surface area contributed by atoms with E-state index in [1.54, 1.807) is 33.1 Å². The number of hydrogen-bond acceptors (Lipinski definition) is 4. The van der Waals surface area contributed by atoms with Gasteiger partial charge in [0.25, 0.3) is 5.91 Å². The summed E-state index contributed by atoms with van der Waals surface area (Å²) in [6, 6.07) is 7.18. The smallest absolute Gasteiger partial charge is 0.252 e. The molecule has 2 N–H and O–H groups in total. The second kappa shape index (κ2) is 5.69. The second-order valence-electron chi connectivity index (χ2n) is 5.69. The maximum atomic E-state index is 12.5. The first kappa shape index (κ1) is 15.3. The highest BCUT2D eigenvalue weighted by Crippen LogP contribution is 2.24. The number of aliphatic hydroxyl groups is 1. The number of carbonyl (C=O) groups is 1. The molecule has 1 aromatic heterocycles. The van der Waals surface area contributed by atoms with E-state index in [0.717, 1.165) is 16.6 Å². The molecule has 2 rings (SSSR count). The number of pyridine rings is 1. The fourth-order valence-corrected chi connectivity index (χ4v) is 2.07. The Bertz CT molecular complexity index is 681. The molecule has 0 saturated heterocycles. The van der Waals surface area contributed by atoms with Crippen LogP contribution in [0.3, 0.4) is 0 Å². The zero-order chi connectivity index (χ0) is 15.6. The van der Waals surface area contributed by atoms with Crippen LogP contribution in [0.1, 0.15) is 29.9 Å². The third-order valence-corrected chi connectivity index (χ3v) is 3.24. The molecule has 0 atom stereocenters. The minimum Gasteiger partial charge on any atom is -0.497 e. The summed E-state index contributed by atoms with van der Waals surface area (Å²) < 4.78 is 5.21. The van der Waals surface area contributed by atoms with Crippen molar-refractivity contribution in [2.24, 2.45) is 0 Å². The summed E-state index contributed by atoms with van der Waals surface area (Å²) in [5.74, 6) is 0.432. The topological polar surface area (TPSA) is 71.5 Å². The van der Waals surface area contributed by atoms with Crippen LogP contribution in [-0.4, -0.2) is 35.3 Å². The number of nitrogens with zero attached hydrogens (tertiary/aromatic N) is 1. The fraction of sp³-hybridized carbons (Fsp3) is 0.375. The summed E-state index contributed by atoms with van der Waals surface area (Å²) >= 11 is 0. The van der Waals surface area contributed by atoms with Gasteiger partial charge in [-0.2, -0.15) is 0 Å². The van der Waals surface area contributed by atoms with Crippen LogP contribution in [0.25, 0.3) is 10.9 Å². The highest BCUT2D eigenvalue weighted by molar-refractivity contribution is 6.06. The van der Waals surface area contributed by atoms with Crippen LogP contribution in [0.5, 0.6) is 5.75 Å². The summed E-state index contributed by atoms with van der Waals surface area (Å²) in [5.41, 5.74) is 1.35. The number of carbonyl (C=O) groups excluding carboxylic acids is 1. The molecule has 1 amide bonds. The van der Waals surface area contributed by atoms with E-state index in [1.165, 1.54) is 0 Å². The Kier molecular flexibility index (Phi) is 4.14. The summed E-state index contributed by atoms with van der Waals surface area (Å²) in [6.07, 6.45) is 0. The number of aromatic nitrogens is 1. The SMILES string of the molecule is COc1ccc2nc(C)cc(C(=O)NC(C)(C)CO)c2c1. The Hall–Kier alpha value is -2.14. The molecule has 0 radical (unpaired) electrons. The molecule has 0 saturated carbocycles. The van der Waals surface area contributed by atoms with Crippen molar-refractivity contribution in [3.05, 3.63) is 35.5 Å². The average molecular weight is 288 g/mol. The van der Waals surface area contributed by atoms with Crippen LogP contribution >= 0.6 is 0 Å². The van der Waals surface area contributed by atoms with Crippen LogP contribution in [0.15, 0.2) is 24.3 Å². The Labute approximate surface area is 124 Å². The van der Waals surface area contributed by atoms with Gasteiger partial charge in [0.2, 0.25) is 0 Å². The molecule has 0 unspecified atom stereocenters. The number of methoxy groups -OCH3 is 1. The number of benzene rings is 1. The molecular formula is C16H20N2O3. The van der Waals surface area contributed by atoms with Gasteiger partial charge in [0, 0.05) is 11.1 Å². The summed E-state index contributed by atoms with van der Waals surface area (Å²) in [4.78, 5) is 16.9. The van der Waals surface area contributed by atoms with Crippen molar-refractivity contribution >= 4 is 16.8 Å². The lowest BCUT2D eigenvalue weighted by atomic mass is 10.0. The Balaban J connectivity index is 2.53. The van der Waals surface area contributed by atoms with Gasteiger partial charge in [-0.15, -0.1) is 0 Å². The maximum absolute atomic E-state index is 12.5. The lowest BCUT2D eigenvalue weighted by Crippen LogP contribution is -2.46.